The molecule has 63 heteroatoms. The van der Waals surface area contributed by atoms with Crippen molar-refractivity contribution in [3.05, 3.63) is 212 Å². The van der Waals surface area contributed by atoms with Crippen LogP contribution in [0.25, 0.3) is 0 Å². The minimum absolute atomic E-state index is 0. The molecule has 0 fully saturated rings. The summed E-state index contributed by atoms with van der Waals surface area (Å²) in [5, 5.41) is 75.9. The zero-order valence-corrected chi connectivity index (χ0v) is 112. The van der Waals surface area contributed by atoms with Gasteiger partial charge < -0.3 is 44.8 Å². The second-order valence-electron chi connectivity index (χ2n) is 22.0. The average molecular weight is 2670 g/mol. The molecule has 0 unspecified atom stereocenters. The molecule has 8 heterocycles. The predicted octanol–water partition coefficient (Wildman–Crippen LogP) is 19.0. The first-order valence-electron chi connectivity index (χ1n) is 36.2. The first-order valence-corrected chi connectivity index (χ1v) is 113. The molecule has 0 amide bonds. The van der Waals surface area contributed by atoms with Crippen LogP contribution in [0.15, 0.2) is 114 Å². The monoisotopic (exact) mass is 2660 g/mol. The van der Waals surface area contributed by atoms with Crippen molar-refractivity contribution in [2.45, 2.75) is 101 Å². The van der Waals surface area contributed by atoms with E-state index in [1.165, 1.54) is 302 Å². The zero-order valence-electron chi connectivity index (χ0n) is 69.6. The second kappa shape index (κ2) is 84.0. The van der Waals surface area contributed by atoms with Crippen molar-refractivity contribution in [3.63, 3.8) is 0 Å². The Hall–Kier alpha value is 9.44. The van der Waals surface area contributed by atoms with E-state index in [1.54, 1.807) is 34.0 Å². The number of ether oxygens (including phenoxy) is 3. The van der Waals surface area contributed by atoms with Crippen LogP contribution in [0.4, 0.5) is 89.9 Å². The van der Waals surface area contributed by atoms with Crippen molar-refractivity contribution in [3.8, 4) is 0 Å². The van der Waals surface area contributed by atoms with Gasteiger partial charge >= 0.3 is 317 Å². The van der Waals surface area contributed by atoms with Gasteiger partial charge in [-0.25, -0.2) is 4.79 Å². The number of esters is 3. The maximum atomic E-state index is 12.3. The number of rotatable bonds is 23. The Morgan fingerprint density at radius 1 is 0.446 bits per heavy atom. The van der Waals surface area contributed by atoms with E-state index < -0.39 is 109 Å². The number of benzene rings is 1. The number of halogens is 24. The van der Waals surface area contributed by atoms with E-state index in [0.717, 1.165) is 75.4 Å². The van der Waals surface area contributed by atoms with Crippen molar-refractivity contribution in [2.75, 3.05) is 60.0 Å². The molecule has 0 bridgehead atoms. The van der Waals surface area contributed by atoms with Crippen molar-refractivity contribution in [2.24, 2.45) is 0 Å². The van der Waals surface area contributed by atoms with E-state index >= 15 is 0 Å². The molecule has 9 aromatic rings. The van der Waals surface area contributed by atoms with Gasteiger partial charge in [-0.1, -0.05) is 3.89 Å². The van der Waals surface area contributed by atoms with Gasteiger partial charge in [0.1, 0.15) is 24.4 Å². The fraction of sp³-hybridized carbons (Fsp3) is 0.373. The van der Waals surface area contributed by atoms with Gasteiger partial charge in [0.25, 0.3) is 16.6 Å². The minimum atomic E-state index is -6.22. The van der Waals surface area contributed by atoms with Crippen LogP contribution in [0.5, 0.6) is 0 Å². The molecule has 9 rings (SSSR count). The van der Waals surface area contributed by atoms with Crippen LogP contribution in [-0.4, -0.2) is 390 Å². The fourth-order valence-corrected chi connectivity index (χ4v) is 19.0. The maximum absolute atomic E-state index is 12.3. The third-order valence-corrected chi connectivity index (χ3v) is 26.2. The average Bonchev–Trinajstić information content (AvgIpc) is 0.836. The molecular weight excluding hydrogens is 2600 g/mol. The SMILES string of the molecule is CC(=O)OCCc1cc(C(F)(F)F)sc1Br.CC(=O)OCCc1cc(I)sc1Br.COC(=O)C(F)(F)S(=O)(=O)F.O=C(Cl)c1cc([N+](=O)[O-])cc([N+](=O)[O-])c1.OCCc1cc(C(F)(F)F)sc1Br.OCCc1ccsc1.OCCc1ccsc1Br.OCCc1csc(C(F)(F)F)c1.OCCc1csc(C(F)(F)F)c1.OCCc1csc(C(F)(F)F)c1.[Ar].[K][K].[K][K].[K][K].[K][K]. The molecular formula is C67H64ArBr4ClF18IK8N2O19S9. The van der Waals surface area contributed by atoms with E-state index in [4.69, 9.17) is 47.0 Å². The zero-order chi connectivity index (χ0) is 101. The number of methoxy groups -OCH3 is 1. The van der Waals surface area contributed by atoms with E-state index in [1.807, 2.05) is 22.9 Å². The van der Waals surface area contributed by atoms with Crippen LogP contribution in [0.1, 0.15) is 93.1 Å². The van der Waals surface area contributed by atoms with Crippen molar-refractivity contribution >= 4 is 486 Å². The number of aliphatic hydroxyl groups excluding tert-OH is 6. The van der Waals surface area contributed by atoms with Gasteiger partial charge in [-0.05, 0) is 262 Å². The Morgan fingerprint density at radius 3 is 0.992 bits per heavy atom. The van der Waals surface area contributed by atoms with Gasteiger partial charge in [-0.2, -0.15) is 94.4 Å². The summed E-state index contributed by atoms with van der Waals surface area (Å²) in [5.41, 5.74) is 4.87. The summed E-state index contributed by atoms with van der Waals surface area (Å²) in [6.45, 7) is 3.22. The quantitative estimate of drug-likeness (QED) is 0.00506. The molecule has 1 aromatic carbocycles. The molecule has 0 aliphatic carbocycles. The number of alkyl halides is 17. The van der Waals surface area contributed by atoms with Crippen LogP contribution < -0.4 is 0 Å². The normalized spacial score (nSPS) is 10.7. The van der Waals surface area contributed by atoms with Crippen LogP contribution >= 0.6 is 189 Å². The third-order valence-electron chi connectivity index (χ3n) is 12.9. The molecule has 0 saturated heterocycles. The number of aliphatic hydroxyl groups is 6. The van der Waals surface area contributed by atoms with Crippen molar-refractivity contribution < 1.29 is 199 Å². The summed E-state index contributed by atoms with van der Waals surface area (Å²) in [4.78, 5) is 57.5. The number of nitro groups is 2. The van der Waals surface area contributed by atoms with Crippen LogP contribution in [0.3, 0.4) is 0 Å². The van der Waals surface area contributed by atoms with Gasteiger partial charge in [-0.3, -0.25) is 34.6 Å². The number of hydrogen-bond donors (Lipinski definition) is 6. The molecule has 0 saturated carbocycles. The number of nitrogens with zero attached hydrogens (tertiary/aromatic N) is 2. The van der Waals surface area contributed by atoms with Gasteiger partial charge in [-0.15, -0.1) is 79.4 Å². The van der Waals surface area contributed by atoms with Gasteiger partial charge in [0.05, 0.1) is 54.3 Å². The van der Waals surface area contributed by atoms with E-state index in [2.05, 4.69) is 107 Å². The summed E-state index contributed by atoms with van der Waals surface area (Å²) in [7, 11) is -5.71. The second-order valence-corrected chi connectivity index (χ2v) is 38.4. The van der Waals surface area contributed by atoms with Crippen molar-refractivity contribution in [1.82, 2.24) is 0 Å². The first-order chi connectivity index (χ1) is 59.9. The number of hydrogen-bond acceptors (Lipinski definition) is 27. The summed E-state index contributed by atoms with van der Waals surface area (Å²) in [6.07, 6.45) is -17.7. The summed E-state index contributed by atoms with van der Waals surface area (Å²) < 4.78 is 253. The van der Waals surface area contributed by atoms with E-state index in [-0.39, 0.29) is 128 Å². The summed E-state index contributed by atoms with van der Waals surface area (Å²) in [6, 6.07) is 14.0. The van der Waals surface area contributed by atoms with E-state index in [0.29, 0.717) is 106 Å². The molecule has 8 aromatic heterocycles. The van der Waals surface area contributed by atoms with Crippen molar-refractivity contribution in [1.29, 1.82) is 0 Å². The third kappa shape index (κ3) is 70.5. The van der Waals surface area contributed by atoms with Crippen LogP contribution in [0, 0.1) is 60.9 Å². The number of non-ortho nitro benzene ring substituents is 2. The first kappa shape index (κ1) is 150. The predicted molar refractivity (Wildman–Crippen MR) is 491 cm³/mol. The molecule has 6 N–H and O–H groups in total. The van der Waals surface area contributed by atoms with Gasteiger partial charge in [0.15, 0.2) is 0 Å². The van der Waals surface area contributed by atoms with Crippen LogP contribution in [-0.2, 0) is 121 Å². The molecule has 130 heavy (non-hydrogen) atoms. The standard InChI is InChI=1S/C9H8BrF3O2S.C8H8BrIO2S.C7H6BrF3OS.C7H3ClN2O5.3C7H7F3OS.C6H7BrOS.C6H8OS.C3H3F3O4S.Ar.8K/c1-5(14)15-3-2-6-4-7(9(11,12)13)16-8(6)10;1-5(11)12-3-2-6-4-7(10)13-8(6)9;8-6-4(1-2-12)3-5(13-6)7(9,10)11;8-7(11)4-1-5(9(12)13)3-6(2-4)10(14)15;3*8-7(9,10)6-3-5(1-2-11)4-12-6;7-6-5(1-3-8)2-4-9-6;7-3-1-6-2-4-8-5-6;1-10-2(7)3(4,5)11(6,8)9;;;;;;;;;/h4H,2-3H2,1H3;4H,2-3H2,1H3;3,12H,1-2H2;1-3H;3*3-4,11H,1-2H2;2,4,8H,1,3H2;2,4-5,7H,1,3H2;1H3;;;;;;;;;. The molecule has 0 spiro atoms. The summed E-state index contributed by atoms with van der Waals surface area (Å²) in [5.74, 6) is -3.11. The Balaban J connectivity index is -0.000000327. The van der Waals surface area contributed by atoms with Crippen LogP contribution in [0.2, 0.25) is 0 Å². The molecule has 21 nitrogen and oxygen atoms in total. The number of thiophene rings is 8. The Bertz CT molecular complexity index is 4570. The molecule has 0 aliphatic heterocycles. The van der Waals surface area contributed by atoms with Gasteiger partial charge in [0.2, 0.25) is 0 Å². The van der Waals surface area contributed by atoms with Gasteiger partial charge in [0, 0.05) is 122 Å². The number of carbonyl (C=O) groups is 4. The molecule has 694 valence electrons. The molecule has 0 radical (unpaired) electrons. The summed E-state index contributed by atoms with van der Waals surface area (Å²) >= 11 is 38.5. The fourth-order valence-electron chi connectivity index (χ4n) is 7.38. The topological polar surface area (TPSA) is 338 Å². The van der Waals surface area contributed by atoms with E-state index in [9.17, 15) is 126 Å². The Labute approximate surface area is 1030 Å². The number of nitro benzene ring substituents is 2. The molecule has 0 atom stereocenters. The Kier molecular flexibility index (Phi) is 97.0. The number of carbonyl (C=O) groups excluding carboxylic acids is 4. The molecule has 0 aliphatic rings. The Morgan fingerprint density at radius 2 is 0.762 bits per heavy atom.